The molecule has 0 fully saturated rings. The second-order valence-corrected chi connectivity index (χ2v) is 4.78. The summed E-state index contributed by atoms with van der Waals surface area (Å²) in [6, 6.07) is 5.71. The van der Waals surface area contributed by atoms with Crippen LogP contribution < -0.4 is 4.74 Å². The van der Waals surface area contributed by atoms with Crippen LogP contribution in [-0.4, -0.2) is 22.0 Å². The molecule has 102 valence electrons. The SMILES string of the molecule is COc1cccc(-n2nc(C)c(C)c2C)c1C(C)O. The van der Waals surface area contributed by atoms with Gasteiger partial charge in [0.15, 0.2) is 0 Å². The molecule has 19 heavy (non-hydrogen) atoms. The van der Waals surface area contributed by atoms with Crippen LogP contribution in [0.5, 0.6) is 5.75 Å². The van der Waals surface area contributed by atoms with Gasteiger partial charge in [-0.15, -0.1) is 0 Å². The van der Waals surface area contributed by atoms with Crippen molar-refractivity contribution in [3.05, 3.63) is 40.7 Å². The number of benzene rings is 1. The van der Waals surface area contributed by atoms with Crippen LogP contribution in [0.3, 0.4) is 0 Å². The van der Waals surface area contributed by atoms with E-state index in [0.29, 0.717) is 5.75 Å². The van der Waals surface area contributed by atoms with Crippen LogP contribution in [0, 0.1) is 20.8 Å². The molecule has 0 saturated carbocycles. The van der Waals surface area contributed by atoms with Crippen molar-refractivity contribution in [2.75, 3.05) is 7.11 Å². The molecule has 0 spiro atoms. The molecule has 2 rings (SSSR count). The highest BCUT2D eigenvalue weighted by Crippen LogP contribution is 2.32. The first-order valence-electron chi connectivity index (χ1n) is 6.35. The molecule has 1 unspecified atom stereocenters. The van der Waals surface area contributed by atoms with Gasteiger partial charge in [-0.05, 0) is 45.4 Å². The number of methoxy groups -OCH3 is 1. The van der Waals surface area contributed by atoms with Crippen LogP contribution in [0.4, 0.5) is 0 Å². The summed E-state index contributed by atoms with van der Waals surface area (Å²) in [5.41, 5.74) is 4.86. The van der Waals surface area contributed by atoms with E-state index < -0.39 is 6.10 Å². The summed E-state index contributed by atoms with van der Waals surface area (Å²) in [4.78, 5) is 0. The van der Waals surface area contributed by atoms with Gasteiger partial charge in [0.2, 0.25) is 0 Å². The zero-order valence-corrected chi connectivity index (χ0v) is 12.1. The Morgan fingerprint density at radius 2 is 1.95 bits per heavy atom. The molecular formula is C15H20N2O2. The predicted octanol–water partition coefficient (Wildman–Crippen LogP) is 2.86. The van der Waals surface area contributed by atoms with E-state index in [-0.39, 0.29) is 0 Å². The van der Waals surface area contributed by atoms with Gasteiger partial charge in [0, 0.05) is 11.3 Å². The van der Waals surface area contributed by atoms with Gasteiger partial charge in [-0.2, -0.15) is 5.10 Å². The Hall–Kier alpha value is -1.81. The molecule has 1 heterocycles. The average molecular weight is 260 g/mol. The van der Waals surface area contributed by atoms with Gasteiger partial charge in [-0.3, -0.25) is 0 Å². The molecule has 1 aromatic carbocycles. The number of rotatable bonds is 3. The van der Waals surface area contributed by atoms with Crippen molar-refractivity contribution < 1.29 is 9.84 Å². The normalized spacial score (nSPS) is 12.5. The van der Waals surface area contributed by atoms with E-state index in [2.05, 4.69) is 12.0 Å². The quantitative estimate of drug-likeness (QED) is 0.923. The highest BCUT2D eigenvalue weighted by atomic mass is 16.5. The van der Waals surface area contributed by atoms with Gasteiger partial charge in [-0.25, -0.2) is 4.68 Å². The number of hydrogen-bond acceptors (Lipinski definition) is 3. The zero-order chi connectivity index (χ0) is 14.2. The summed E-state index contributed by atoms with van der Waals surface area (Å²) in [5.74, 6) is 0.678. The fraction of sp³-hybridized carbons (Fsp3) is 0.400. The molecule has 1 atom stereocenters. The lowest BCUT2D eigenvalue weighted by Gasteiger charge is -2.17. The van der Waals surface area contributed by atoms with Crippen molar-refractivity contribution >= 4 is 0 Å². The first kappa shape index (κ1) is 13.6. The minimum atomic E-state index is -0.615. The Morgan fingerprint density at radius 3 is 2.42 bits per heavy atom. The molecule has 4 heteroatoms. The molecule has 0 bridgehead atoms. The molecule has 1 N–H and O–H groups in total. The number of aryl methyl sites for hydroxylation is 1. The number of aliphatic hydroxyl groups excluding tert-OH is 1. The molecule has 4 nitrogen and oxygen atoms in total. The molecule has 0 aliphatic rings. The van der Waals surface area contributed by atoms with Gasteiger partial charge in [0.25, 0.3) is 0 Å². The second-order valence-electron chi connectivity index (χ2n) is 4.78. The zero-order valence-electron chi connectivity index (χ0n) is 12.1. The van der Waals surface area contributed by atoms with Crippen LogP contribution in [0.1, 0.15) is 35.5 Å². The van der Waals surface area contributed by atoms with Gasteiger partial charge in [0.05, 0.1) is 24.6 Å². The van der Waals surface area contributed by atoms with Crippen molar-refractivity contribution in [3.8, 4) is 11.4 Å². The largest absolute Gasteiger partial charge is 0.496 e. The third-order valence-electron chi connectivity index (χ3n) is 3.56. The highest BCUT2D eigenvalue weighted by Gasteiger charge is 2.18. The van der Waals surface area contributed by atoms with Crippen molar-refractivity contribution in [1.82, 2.24) is 9.78 Å². The van der Waals surface area contributed by atoms with Crippen LogP contribution in [0.2, 0.25) is 0 Å². The van der Waals surface area contributed by atoms with E-state index in [1.165, 1.54) is 5.56 Å². The Balaban J connectivity index is 2.71. The molecule has 0 saturated heterocycles. The smallest absolute Gasteiger partial charge is 0.126 e. The average Bonchev–Trinajstić information content (AvgIpc) is 2.65. The summed E-state index contributed by atoms with van der Waals surface area (Å²) in [6.45, 7) is 7.80. The Labute approximate surface area is 113 Å². The second kappa shape index (κ2) is 5.05. The molecule has 0 aliphatic carbocycles. The summed E-state index contributed by atoms with van der Waals surface area (Å²) < 4.78 is 7.21. The highest BCUT2D eigenvalue weighted by molar-refractivity contribution is 5.52. The van der Waals surface area contributed by atoms with E-state index >= 15 is 0 Å². The lowest BCUT2D eigenvalue weighted by atomic mass is 10.1. The molecule has 0 radical (unpaired) electrons. The maximum Gasteiger partial charge on any atom is 0.126 e. The van der Waals surface area contributed by atoms with Gasteiger partial charge in [0.1, 0.15) is 5.75 Å². The number of ether oxygens (including phenoxy) is 1. The van der Waals surface area contributed by atoms with Gasteiger partial charge < -0.3 is 9.84 Å². The van der Waals surface area contributed by atoms with Crippen LogP contribution in [0.25, 0.3) is 5.69 Å². The standard InChI is InChI=1S/C15H20N2O2/c1-9-10(2)16-17(11(9)3)13-7-6-8-14(19-5)15(13)12(4)18/h6-8,12,18H,1-5H3. The van der Waals surface area contributed by atoms with Crippen molar-refractivity contribution in [2.24, 2.45) is 0 Å². The van der Waals surface area contributed by atoms with E-state index in [9.17, 15) is 5.11 Å². The van der Waals surface area contributed by atoms with Crippen molar-refractivity contribution in [2.45, 2.75) is 33.8 Å². The molecular weight excluding hydrogens is 240 g/mol. The maximum atomic E-state index is 10.0. The van der Waals surface area contributed by atoms with Crippen LogP contribution >= 0.6 is 0 Å². The first-order chi connectivity index (χ1) is 8.97. The minimum absolute atomic E-state index is 0.615. The van der Waals surface area contributed by atoms with Gasteiger partial charge in [-0.1, -0.05) is 6.07 Å². The fourth-order valence-electron chi connectivity index (χ4n) is 2.27. The van der Waals surface area contributed by atoms with Crippen molar-refractivity contribution in [3.63, 3.8) is 0 Å². The molecule has 0 aliphatic heterocycles. The first-order valence-corrected chi connectivity index (χ1v) is 6.35. The van der Waals surface area contributed by atoms with Crippen LogP contribution in [-0.2, 0) is 0 Å². The topological polar surface area (TPSA) is 47.3 Å². The Morgan fingerprint density at radius 1 is 1.26 bits per heavy atom. The molecule has 1 aromatic heterocycles. The van der Waals surface area contributed by atoms with E-state index in [4.69, 9.17) is 4.74 Å². The van der Waals surface area contributed by atoms with Crippen LogP contribution in [0.15, 0.2) is 18.2 Å². The maximum absolute atomic E-state index is 10.0. The lowest BCUT2D eigenvalue weighted by molar-refractivity contribution is 0.194. The monoisotopic (exact) mass is 260 g/mol. The summed E-state index contributed by atoms with van der Waals surface area (Å²) in [6.07, 6.45) is -0.615. The van der Waals surface area contributed by atoms with E-state index in [1.54, 1.807) is 14.0 Å². The lowest BCUT2D eigenvalue weighted by Crippen LogP contribution is -2.07. The Kier molecular flexibility index (Phi) is 3.62. The predicted molar refractivity (Wildman–Crippen MR) is 75.0 cm³/mol. The molecule has 0 amide bonds. The van der Waals surface area contributed by atoms with Gasteiger partial charge >= 0.3 is 0 Å². The summed E-state index contributed by atoms with van der Waals surface area (Å²) in [5, 5.41) is 14.6. The minimum Gasteiger partial charge on any atom is -0.496 e. The number of nitrogens with zero attached hydrogens (tertiary/aromatic N) is 2. The van der Waals surface area contributed by atoms with E-state index in [1.807, 2.05) is 36.7 Å². The number of aromatic nitrogens is 2. The summed E-state index contributed by atoms with van der Waals surface area (Å²) >= 11 is 0. The third kappa shape index (κ3) is 2.24. The summed E-state index contributed by atoms with van der Waals surface area (Å²) in [7, 11) is 1.61. The fourth-order valence-corrected chi connectivity index (χ4v) is 2.27. The third-order valence-corrected chi connectivity index (χ3v) is 3.56. The van der Waals surface area contributed by atoms with E-state index in [0.717, 1.165) is 22.6 Å². The molecule has 2 aromatic rings. The number of hydrogen-bond donors (Lipinski definition) is 1. The Bertz CT molecular complexity index is 600. The number of aliphatic hydroxyl groups is 1. The van der Waals surface area contributed by atoms with Crippen molar-refractivity contribution in [1.29, 1.82) is 0 Å².